The van der Waals surface area contributed by atoms with Crippen LogP contribution in [0.15, 0.2) is 11.4 Å². The largest absolute Gasteiger partial charge is 0.389 e. The predicted molar refractivity (Wildman–Crippen MR) is 59.3 cm³/mol. The number of nitrogens with zero attached hydrogens (tertiary/aromatic N) is 1. The van der Waals surface area contributed by atoms with E-state index in [9.17, 15) is 9.90 Å². The Hall–Kier alpha value is -1.42. The van der Waals surface area contributed by atoms with Crippen LogP contribution in [0.3, 0.4) is 0 Å². The third kappa shape index (κ3) is 3.31. The molecule has 6 heteroatoms. The Morgan fingerprint density at radius 1 is 1.81 bits per heavy atom. The lowest BCUT2D eigenvalue weighted by Crippen LogP contribution is -2.34. The molecule has 0 aromatic carbocycles. The molecule has 16 heavy (non-hydrogen) atoms. The molecule has 5 nitrogen and oxygen atoms in total. The molecule has 1 aromatic rings. The number of aliphatic hydroxyl groups is 1. The van der Waals surface area contributed by atoms with Crippen molar-refractivity contribution in [3.63, 3.8) is 0 Å². The number of rotatable bonds is 5. The van der Waals surface area contributed by atoms with Crippen LogP contribution in [0, 0.1) is 11.3 Å². The second kappa shape index (κ2) is 6.23. The van der Waals surface area contributed by atoms with E-state index < -0.39 is 6.10 Å². The van der Waals surface area contributed by atoms with Crippen LogP contribution in [0.1, 0.15) is 15.2 Å². The van der Waals surface area contributed by atoms with Gasteiger partial charge in [-0.3, -0.25) is 4.79 Å². The van der Waals surface area contributed by atoms with Gasteiger partial charge in [0.25, 0.3) is 5.91 Å². The first-order valence-corrected chi connectivity index (χ1v) is 5.49. The molecule has 0 aliphatic heterocycles. The molecule has 0 saturated carbocycles. The Labute approximate surface area is 97.3 Å². The number of thiophene rings is 1. The van der Waals surface area contributed by atoms with E-state index in [-0.39, 0.29) is 19.1 Å². The third-order valence-electron chi connectivity index (χ3n) is 1.85. The molecule has 86 valence electrons. The highest BCUT2D eigenvalue weighted by molar-refractivity contribution is 7.12. The minimum Gasteiger partial charge on any atom is -0.389 e. The predicted octanol–water partition coefficient (Wildman–Crippen LogP) is 0.357. The van der Waals surface area contributed by atoms with Crippen LogP contribution in [0.5, 0.6) is 0 Å². The Morgan fingerprint density at radius 3 is 3.19 bits per heavy atom. The number of hydrogen-bond donors (Lipinski definition) is 2. The number of methoxy groups -OCH3 is 1. The SMILES string of the molecule is COCC(O)CNC(=O)c1sccc1C#N. The summed E-state index contributed by atoms with van der Waals surface area (Å²) in [6.45, 7) is 0.269. The van der Waals surface area contributed by atoms with Gasteiger partial charge in [-0.05, 0) is 11.4 Å². The van der Waals surface area contributed by atoms with Crippen molar-refractivity contribution in [3.8, 4) is 6.07 Å². The van der Waals surface area contributed by atoms with Crippen LogP contribution in [-0.2, 0) is 4.74 Å². The average Bonchev–Trinajstić information content (AvgIpc) is 2.74. The van der Waals surface area contributed by atoms with Crippen LogP contribution >= 0.6 is 11.3 Å². The lowest BCUT2D eigenvalue weighted by molar-refractivity contribution is 0.0610. The van der Waals surface area contributed by atoms with E-state index in [1.54, 1.807) is 11.4 Å². The molecule has 0 aliphatic rings. The molecule has 0 fully saturated rings. The van der Waals surface area contributed by atoms with E-state index in [1.807, 2.05) is 6.07 Å². The van der Waals surface area contributed by atoms with Crippen molar-refractivity contribution in [2.45, 2.75) is 6.10 Å². The molecule has 1 unspecified atom stereocenters. The number of hydrogen-bond acceptors (Lipinski definition) is 5. The Morgan fingerprint density at radius 2 is 2.56 bits per heavy atom. The third-order valence-corrected chi connectivity index (χ3v) is 2.76. The van der Waals surface area contributed by atoms with Crippen LogP contribution in [0.2, 0.25) is 0 Å². The fourth-order valence-corrected chi connectivity index (χ4v) is 1.88. The summed E-state index contributed by atoms with van der Waals surface area (Å²) in [5, 5.41) is 22.3. The van der Waals surface area contributed by atoms with Gasteiger partial charge in [-0.15, -0.1) is 11.3 Å². The molecule has 2 N–H and O–H groups in total. The number of ether oxygens (including phenoxy) is 1. The molecule has 0 radical (unpaired) electrons. The molecule has 1 rings (SSSR count). The van der Waals surface area contributed by atoms with Gasteiger partial charge in [0.15, 0.2) is 0 Å². The van der Waals surface area contributed by atoms with Crippen molar-refractivity contribution in [1.29, 1.82) is 5.26 Å². The number of nitriles is 1. The first kappa shape index (κ1) is 12.6. The van der Waals surface area contributed by atoms with Crippen molar-refractivity contribution in [2.24, 2.45) is 0 Å². The minimum absolute atomic E-state index is 0.107. The zero-order chi connectivity index (χ0) is 12.0. The summed E-state index contributed by atoms with van der Waals surface area (Å²) in [4.78, 5) is 12.0. The summed E-state index contributed by atoms with van der Waals surface area (Å²) in [5.74, 6) is -0.346. The van der Waals surface area contributed by atoms with Crippen LogP contribution < -0.4 is 5.32 Å². The monoisotopic (exact) mass is 240 g/mol. The van der Waals surface area contributed by atoms with Crippen molar-refractivity contribution in [3.05, 3.63) is 21.9 Å². The Kier molecular flexibility index (Phi) is 4.92. The molecule has 1 amide bonds. The number of nitrogens with one attached hydrogen (secondary N) is 1. The minimum atomic E-state index is -0.737. The van der Waals surface area contributed by atoms with E-state index in [1.165, 1.54) is 18.4 Å². The second-order valence-electron chi connectivity index (χ2n) is 3.09. The fourth-order valence-electron chi connectivity index (χ4n) is 1.12. The second-order valence-corrected chi connectivity index (χ2v) is 4.01. The van der Waals surface area contributed by atoms with Crippen molar-refractivity contribution in [2.75, 3.05) is 20.3 Å². The number of aliphatic hydroxyl groups excluding tert-OH is 1. The number of carbonyl (C=O) groups excluding carboxylic acids is 1. The van der Waals surface area contributed by atoms with Gasteiger partial charge < -0.3 is 15.2 Å². The fraction of sp³-hybridized carbons (Fsp3) is 0.400. The smallest absolute Gasteiger partial charge is 0.262 e. The molecular formula is C10H12N2O3S. The lowest BCUT2D eigenvalue weighted by atomic mass is 10.2. The Bertz CT molecular complexity index is 397. The van der Waals surface area contributed by atoms with Gasteiger partial charge in [-0.25, -0.2) is 0 Å². The van der Waals surface area contributed by atoms with Gasteiger partial charge in [-0.2, -0.15) is 5.26 Å². The normalized spacial score (nSPS) is 11.8. The van der Waals surface area contributed by atoms with Gasteiger partial charge in [0.05, 0.1) is 18.3 Å². The topological polar surface area (TPSA) is 82.3 Å². The summed E-state index contributed by atoms with van der Waals surface area (Å²) >= 11 is 1.20. The molecule has 0 aliphatic carbocycles. The molecule has 1 heterocycles. The number of carbonyl (C=O) groups is 1. The first-order chi connectivity index (χ1) is 7.69. The molecule has 0 saturated heterocycles. The van der Waals surface area contributed by atoms with Gasteiger partial charge in [-0.1, -0.05) is 0 Å². The quantitative estimate of drug-likeness (QED) is 0.778. The van der Waals surface area contributed by atoms with Gasteiger partial charge in [0, 0.05) is 13.7 Å². The van der Waals surface area contributed by atoms with Crippen molar-refractivity contribution in [1.82, 2.24) is 5.32 Å². The van der Waals surface area contributed by atoms with Gasteiger partial charge in [0.2, 0.25) is 0 Å². The van der Waals surface area contributed by atoms with Crippen LogP contribution in [0.25, 0.3) is 0 Å². The molecular weight excluding hydrogens is 228 g/mol. The summed E-state index contributed by atoms with van der Waals surface area (Å²) in [7, 11) is 1.47. The maximum absolute atomic E-state index is 11.6. The summed E-state index contributed by atoms with van der Waals surface area (Å²) in [6.07, 6.45) is -0.737. The van der Waals surface area contributed by atoms with E-state index in [4.69, 9.17) is 10.00 Å². The number of amides is 1. The summed E-state index contributed by atoms with van der Waals surface area (Å²) in [5.41, 5.74) is 0.351. The highest BCUT2D eigenvalue weighted by Crippen LogP contribution is 2.15. The molecule has 1 atom stereocenters. The van der Waals surface area contributed by atoms with Gasteiger partial charge >= 0.3 is 0 Å². The van der Waals surface area contributed by atoms with Crippen molar-refractivity contribution >= 4 is 17.2 Å². The summed E-state index contributed by atoms with van der Waals surface area (Å²) in [6, 6.07) is 3.52. The molecule has 1 aromatic heterocycles. The van der Waals surface area contributed by atoms with Crippen LogP contribution in [0.4, 0.5) is 0 Å². The van der Waals surface area contributed by atoms with Crippen molar-refractivity contribution < 1.29 is 14.6 Å². The highest BCUT2D eigenvalue weighted by Gasteiger charge is 2.13. The molecule has 0 bridgehead atoms. The van der Waals surface area contributed by atoms with E-state index in [2.05, 4.69) is 5.32 Å². The maximum Gasteiger partial charge on any atom is 0.262 e. The van der Waals surface area contributed by atoms with Gasteiger partial charge in [0.1, 0.15) is 10.9 Å². The van der Waals surface area contributed by atoms with Crippen LogP contribution in [-0.4, -0.2) is 37.4 Å². The summed E-state index contributed by atoms with van der Waals surface area (Å²) < 4.78 is 4.72. The standard InChI is InChI=1S/C10H12N2O3S/c1-15-6-8(13)5-12-10(14)9-7(4-11)2-3-16-9/h2-3,8,13H,5-6H2,1H3,(H,12,14). The van der Waals surface area contributed by atoms with E-state index >= 15 is 0 Å². The highest BCUT2D eigenvalue weighted by atomic mass is 32.1. The lowest BCUT2D eigenvalue weighted by Gasteiger charge is -2.09. The zero-order valence-corrected chi connectivity index (χ0v) is 9.58. The van der Waals surface area contributed by atoms with E-state index in [0.717, 1.165) is 0 Å². The maximum atomic E-state index is 11.6. The first-order valence-electron chi connectivity index (χ1n) is 4.61. The average molecular weight is 240 g/mol. The molecule has 0 spiro atoms. The Balaban J connectivity index is 2.51. The van der Waals surface area contributed by atoms with E-state index in [0.29, 0.717) is 10.4 Å². The zero-order valence-electron chi connectivity index (χ0n) is 8.77.